The molecule has 3 heteroatoms. The molecule has 1 aliphatic rings. The number of aryl methyl sites for hydroxylation is 2. The number of carbonyl (C=O) groups is 1. The third kappa shape index (κ3) is 3.75. The van der Waals surface area contributed by atoms with E-state index in [0.717, 1.165) is 49.6 Å². The van der Waals surface area contributed by atoms with Crippen LogP contribution in [0.15, 0.2) is 18.2 Å². The highest BCUT2D eigenvalue weighted by Gasteiger charge is 2.19. The predicted octanol–water partition coefficient (Wildman–Crippen LogP) is 3.19. The molecule has 0 N–H and O–H groups in total. The van der Waals surface area contributed by atoms with Crippen LogP contribution in [0.2, 0.25) is 0 Å². The fourth-order valence-corrected chi connectivity index (χ4v) is 2.76. The van der Waals surface area contributed by atoms with Crippen LogP contribution in [0.25, 0.3) is 0 Å². The van der Waals surface area contributed by atoms with Crippen molar-refractivity contribution < 1.29 is 9.53 Å². The first-order chi connectivity index (χ1) is 9.60. The van der Waals surface area contributed by atoms with Gasteiger partial charge >= 0.3 is 0 Å². The van der Waals surface area contributed by atoms with E-state index in [-0.39, 0.29) is 0 Å². The Kier molecular flexibility index (Phi) is 5.05. The summed E-state index contributed by atoms with van der Waals surface area (Å²) in [4.78, 5) is 14.2. The Bertz CT molecular complexity index is 462. The number of methoxy groups -OCH3 is 1. The molecule has 1 heterocycles. The van der Waals surface area contributed by atoms with Gasteiger partial charge in [-0.25, -0.2) is 0 Å². The van der Waals surface area contributed by atoms with Gasteiger partial charge in [0.25, 0.3) is 0 Å². The molecule has 1 aromatic carbocycles. The Morgan fingerprint density at radius 3 is 2.65 bits per heavy atom. The fraction of sp³-hybridized carbons (Fsp3) is 0.588. The normalized spacial score (nSPS) is 16.2. The number of piperidine rings is 1. The lowest BCUT2D eigenvalue weighted by atomic mass is 9.98. The number of hydrogen-bond donors (Lipinski definition) is 0. The molecule has 0 aliphatic carbocycles. The molecule has 0 unspecified atom stereocenters. The summed E-state index contributed by atoms with van der Waals surface area (Å²) in [7, 11) is 1.68. The van der Waals surface area contributed by atoms with Crippen LogP contribution in [0.3, 0.4) is 0 Å². The van der Waals surface area contributed by atoms with Gasteiger partial charge in [-0.2, -0.15) is 0 Å². The first-order valence-electron chi connectivity index (χ1n) is 7.51. The van der Waals surface area contributed by atoms with Gasteiger partial charge in [-0.1, -0.05) is 19.1 Å². The quantitative estimate of drug-likeness (QED) is 0.844. The largest absolute Gasteiger partial charge is 0.496 e. The standard InChI is InChI=1S/C17H25NO2/c1-13-8-10-18(11-9-13)17(19)7-5-15-4-6-16(20-3)14(2)12-15/h4,6,12-13H,5,7-11H2,1-3H3. The third-order valence-electron chi connectivity index (χ3n) is 4.22. The lowest BCUT2D eigenvalue weighted by Gasteiger charge is -2.30. The maximum absolute atomic E-state index is 12.2. The zero-order valence-corrected chi connectivity index (χ0v) is 12.8. The maximum Gasteiger partial charge on any atom is 0.222 e. The van der Waals surface area contributed by atoms with Gasteiger partial charge in [0.2, 0.25) is 5.91 Å². The number of likely N-dealkylation sites (tertiary alicyclic amines) is 1. The minimum atomic E-state index is 0.297. The van der Waals surface area contributed by atoms with Gasteiger partial charge in [-0.15, -0.1) is 0 Å². The predicted molar refractivity (Wildman–Crippen MR) is 81.0 cm³/mol. The van der Waals surface area contributed by atoms with Crippen molar-refractivity contribution in [3.8, 4) is 5.75 Å². The third-order valence-corrected chi connectivity index (χ3v) is 4.22. The molecule has 3 nitrogen and oxygen atoms in total. The summed E-state index contributed by atoms with van der Waals surface area (Å²) >= 11 is 0. The first kappa shape index (κ1) is 14.9. The highest BCUT2D eigenvalue weighted by atomic mass is 16.5. The minimum absolute atomic E-state index is 0.297. The minimum Gasteiger partial charge on any atom is -0.496 e. The Balaban J connectivity index is 1.85. The van der Waals surface area contributed by atoms with Crippen LogP contribution in [0.1, 0.15) is 37.3 Å². The summed E-state index contributed by atoms with van der Waals surface area (Å²) in [5, 5.41) is 0. The van der Waals surface area contributed by atoms with Gasteiger partial charge in [0.05, 0.1) is 7.11 Å². The van der Waals surface area contributed by atoms with Crippen molar-refractivity contribution in [2.45, 2.75) is 39.5 Å². The van der Waals surface area contributed by atoms with Crippen LogP contribution in [0, 0.1) is 12.8 Å². The SMILES string of the molecule is COc1ccc(CCC(=O)N2CCC(C)CC2)cc1C. The molecule has 0 radical (unpaired) electrons. The summed E-state index contributed by atoms with van der Waals surface area (Å²) < 4.78 is 5.26. The molecule has 2 rings (SSSR count). The van der Waals surface area contributed by atoms with Crippen molar-refractivity contribution in [3.05, 3.63) is 29.3 Å². The van der Waals surface area contributed by atoms with Crippen molar-refractivity contribution >= 4 is 5.91 Å². The zero-order valence-electron chi connectivity index (χ0n) is 12.8. The molecule has 0 spiro atoms. The molecular formula is C17H25NO2. The molecule has 1 aromatic rings. The maximum atomic E-state index is 12.2. The van der Waals surface area contributed by atoms with Crippen molar-refractivity contribution in [2.24, 2.45) is 5.92 Å². The molecule has 0 aromatic heterocycles. The number of nitrogens with zero attached hydrogens (tertiary/aromatic N) is 1. The van der Waals surface area contributed by atoms with Gasteiger partial charge < -0.3 is 9.64 Å². The van der Waals surface area contributed by atoms with Crippen molar-refractivity contribution in [1.82, 2.24) is 4.90 Å². The fourth-order valence-electron chi connectivity index (χ4n) is 2.76. The molecule has 1 aliphatic heterocycles. The topological polar surface area (TPSA) is 29.5 Å². The van der Waals surface area contributed by atoms with Crippen molar-refractivity contribution in [3.63, 3.8) is 0 Å². The summed E-state index contributed by atoms with van der Waals surface area (Å²) in [6.07, 6.45) is 3.72. The average molecular weight is 275 g/mol. The van der Waals surface area contributed by atoms with Gasteiger partial charge in [-0.05, 0) is 49.3 Å². The van der Waals surface area contributed by atoms with E-state index in [9.17, 15) is 4.79 Å². The number of amides is 1. The van der Waals surface area contributed by atoms with E-state index in [4.69, 9.17) is 4.74 Å². The molecule has 1 fully saturated rings. The van der Waals surface area contributed by atoms with Crippen LogP contribution < -0.4 is 4.74 Å². The number of hydrogen-bond acceptors (Lipinski definition) is 2. The number of carbonyl (C=O) groups excluding carboxylic acids is 1. The van der Waals surface area contributed by atoms with Crippen LogP contribution in [-0.2, 0) is 11.2 Å². The Hall–Kier alpha value is -1.51. The van der Waals surface area contributed by atoms with Gasteiger partial charge in [0.1, 0.15) is 5.75 Å². The number of ether oxygens (including phenoxy) is 1. The zero-order chi connectivity index (χ0) is 14.5. The lowest BCUT2D eigenvalue weighted by Crippen LogP contribution is -2.37. The van der Waals surface area contributed by atoms with Gasteiger partial charge in [0, 0.05) is 19.5 Å². The van der Waals surface area contributed by atoms with E-state index < -0.39 is 0 Å². The summed E-state index contributed by atoms with van der Waals surface area (Å²) in [6, 6.07) is 6.15. The number of rotatable bonds is 4. The summed E-state index contributed by atoms with van der Waals surface area (Å²) in [5.41, 5.74) is 2.34. The Labute approximate surface area is 121 Å². The van der Waals surface area contributed by atoms with Crippen LogP contribution in [0.4, 0.5) is 0 Å². The van der Waals surface area contributed by atoms with Crippen molar-refractivity contribution in [2.75, 3.05) is 20.2 Å². The highest BCUT2D eigenvalue weighted by molar-refractivity contribution is 5.76. The second kappa shape index (κ2) is 6.78. The van der Waals surface area contributed by atoms with Crippen molar-refractivity contribution in [1.29, 1.82) is 0 Å². The molecule has 0 atom stereocenters. The first-order valence-corrected chi connectivity index (χ1v) is 7.51. The molecule has 0 saturated carbocycles. The Morgan fingerprint density at radius 1 is 1.35 bits per heavy atom. The van der Waals surface area contributed by atoms with Gasteiger partial charge in [0.15, 0.2) is 0 Å². The van der Waals surface area contributed by atoms with E-state index in [2.05, 4.69) is 19.1 Å². The molecule has 1 saturated heterocycles. The molecule has 110 valence electrons. The van der Waals surface area contributed by atoms with E-state index >= 15 is 0 Å². The van der Waals surface area contributed by atoms with E-state index in [0.29, 0.717) is 12.3 Å². The second-order valence-corrected chi connectivity index (χ2v) is 5.87. The van der Waals surface area contributed by atoms with Crippen LogP contribution >= 0.6 is 0 Å². The van der Waals surface area contributed by atoms with Crippen LogP contribution in [-0.4, -0.2) is 31.0 Å². The number of benzene rings is 1. The molecule has 0 bridgehead atoms. The Morgan fingerprint density at radius 2 is 2.05 bits per heavy atom. The molecular weight excluding hydrogens is 250 g/mol. The molecule has 20 heavy (non-hydrogen) atoms. The average Bonchev–Trinajstić information content (AvgIpc) is 2.45. The second-order valence-electron chi connectivity index (χ2n) is 5.87. The summed E-state index contributed by atoms with van der Waals surface area (Å²) in [5.74, 6) is 1.97. The monoisotopic (exact) mass is 275 g/mol. The lowest BCUT2D eigenvalue weighted by molar-refractivity contribution is -0.132. The van der Waals surface area contributed by atoms with E-state index in [1.807, 2.05) is 17.9 Å². The highest BCUT2D eigenvalue weighted by Crippen LogP contribution is 2.20. The van der Waals surface area contributed by atoms with E-state index in [1.54, 1.807) is 7.11 Å². The molecule has 1 amide bonds. The summed E-state index contributed by atoms with van der Waals surface area (Å²) in [6.45, 7) is 6.17. The van der Waals surface area contributed by atoms with Gasteiger partial charge in [-0.3, -0.25) is 4.79 Å². The smallest absolute Gasteiger partial charge is 0.222 e. The van der Waals surface area contributed by atoms with E-state index in [1.165, 1.54) is 5.56 Å². The van der Waals surface area contributed by atoms with Crippen LogP contribution in [0.5, 0.6) is 5.75 Å².